The first-order chi connectivity index (χ1) is 14.8. The van der Waals surface area contributed by atoms with E-state index in [1.807, 2.05) is 4.52 Å². The molecule has 0 saturated heterocycles. The van der Waals surface area contributed by atoms with E-state index in [1.54, 1.807) is 0 Å². The number of benzene rings is 2. The van der Waals surface area contributed by atoms with Gasteiger partial charge in [-0.1, -0.05) is 35.9 Å². The molecule has 5 aromatic rings. The molecule has 156 valence electrons. The summed E-state index contributed by atoms with van der Waals surface area (Å²) in [6.07, 6.45) is 2.15. The number of fused-ring (bicyclic) bond motifs is 3. The predicted molar refractivity (Wildman–Crippen MR) is 128 cm³/mol. The zero-order chi connectivity index (χ0) is 22.0. The van der Waals surface area contributed by atoms with Gasteiger partial charge in [0.05, 0.1) is 22.6 Å². The van der Waals surface area contributed by atoms with Crippen LogP contribution in [0.4, 0.5) is 0 Å². The van der Waals surface area contributed by atoms with Crippen molar-refractivity contribution in [3.63, 3.8) is 0 Å². The van der Waals surface area contributed by atoms with Gasteiger partial charge in [-0.25, -0.2) is 4.98 Å². The molecule has 0 spiro atoms. The Bertz CT molecular complexity index is 1450. The average Bonchev–Trinajstić information content (AvgIpc) is 3.24. The fourth-order valence-corrected chi connectivity index (χ4v) is 5.14. The van der Waals surface area contributed by atoms with Crippen LogP contribution in [0.2, 0.25) is 0 Å². The van der Waals surface area contributed by atoms with Crippen molar-refractivity contribution in [2.24, 2.45) is 0 Å². The summed E-state index contributed by atoms with van der Waals surface area (Å²) in [4.78, 5) is 5.04. The number of para-hydroxylation sites is 1. The molecule has 0 aliphatic carbocycles. The Morgan fingerprint density at radius 1 is 0.710 bits per heavy atom. The smallest absolute Gasteiger partial charge is 0.165 e. The lowest BCUT2D eigenvalue weighted by molar-refractivity contribution is 0.908. The van der Waals surface area contributed by atoms with Crippen LogP contribution in [-0.2, 0) is 0 Å². The molecule has 0 radical (unpaired) electrons. The molecule has 3 aromatic heterocycles. The Kier molecular flexibility index (Phi) is 4.30. The molecule has 3 heterocycles. The van der Waals surface area contributed by atoms with Gasteiger partial charge < -0.3 is 4.57 Å². The van der Waals surface area contributed by atoms with Crippen molar-refractivity contribution in [2.75, 3.05) is 0 Å². The Morgan fingerprint density at radius 3 is 2.00 bits per heavy atom. The monoisotopic (exact) mass is 408 g/mol. The summed E-state index contributed by atoms with van der Waals surface area (Å²) in [6.45, 7) is 15.0. The van der Waals surface area contributed by atoms with Crippen LogP contribution in [0, 0.1) is 48.5 Å². The highest BCUT2D eigenvalue weighted by molar-refractivity contribution is 5.90. The number of aromatic nitrogens is 4. The highest BCUT2D eigenvalue weighted by atomic mass is 15.3. The van der Waals surface area contributed by atoms with E-state index in [0.29, 0.717) is 0 Å². The Hall–Kier alpha value is -3.40. The van der Waals surface area contributed by atoms with Gasteiger partial charge in [0.25, 0.3) is 0 Å². The Balaban J connectivity index is 1.93. The Morgan fingerprint density at radius 2 is 1.35 bits per heavy atom. The lowest BCUT2D eigenvalue weighted by atomic mass is 9.94. The maximum Gasteiger partial charge on any atom is 0.165 e. The third-order valence-electron chi connectivity index (χ3n) is 6.37. The van der Waals surface area contributed by atoms with Gasteiger partial charge in [-0.3, -0.25) is 0 Å². The van der Waals surface area contributed by atoms with Crippen molar-refractivity contribution in [3.8, 4) is 16.8 Å². The highest BCUT2D eigenvalue weighted by Crippen LogP contribution is 2.36. The summed E-state index contributed by atoms with van der Waals surface area (Å²) < 4.78 is 4.31. The van der Waals surface area contributed by atoms with Crippen LogP contribution < -0.4 is 0 Å². The van der Waals surface area contributed by atoms with Crippen molar-refractivity contribution >= 4 is 16.7 Å². The van der Waals surface area contributed by atoms with E-state index in [4.69, 9.17) is 10.1 Å². The van der Waals surface area contributed by atoms with Crippen LogP contribution in [0.15, 0.2) is 42.6 Å². The minimum absolute atomic E-state index is 0.920. The lowest BCUT2D eigenvalue weighted by Crippen LogP contribution is -2.04. The zero-order valence-corrected chi connectivity index (χ0v) is 19.3. The second-order valence-electron chi connectivity index (χ2n) is 8.83. The van der Waals surface area contributed by atoms with Gasteiger partial charge in [-0.05, 0) is 82.3 Å². The molecule has 31 heavy (non-hydrogen) atoms. The van der Waals surface area contributed by atoms with Crippen LogP contribution in [0.3, 0.4) is 0 Å². The molecule has 0 aliphatic heterocycles. The van der Waals surface area contributed by atoms with E-state index in [0.717, 1.165) is 33.6 Å². The summed E-state index contributed by atoms with van der Waals surface area (Å²) in [5.41, 5.74) is 13.9. The maximum absolute atomic E-state index is 5.04. The fourth-order valence-electron chi connectivity index (χ4n) is 5.14. The van der Waals surface area contributed by atoms with Crippen LogP contribution >= 0.6 is 0 Å². The minimum atomic E-state index is 0.920. The first-order valence-corrected chi connectivity index (χ1v) is 10.8. The van der Waals surface area contributed by atoms with E-state index >= 15 is 0 Å². The summed E-state index contributed by atoms with van der Waals surface area (Å²) in [7, 11) is 0. The van der Waals surface area contributed by atoms with Crippen LogP contribution in [0.5, 0.6) is 0 Å². The van der Waals surface area contributed by atoms with Gasteiger partial charge in [-0.15, -0.1) is 0 Å². The SMILES string of the molecule is Cc1cc(C)c(-c2c(C)nn3c2nc(C)c2ccn(-c4c(C)cccc4C)c23)c(C)c1. The standard InChI is InChI=1S/C27H28N4/c1-15-13-18(4)23(19(5)14-15)24-21(7)29-31-26(24)28-20(6)22-11-12-30(27(22)31)25-16(2)9-8-10-17(25)3/h8-14H,1-7H3. The van der Waals surface area contributed by atoms with Gasteiger partial charge >= 0.3 is 0 Å². The average molecular weight is 409 g/mol. The molecule has 0 N–H and O–H groups in total. The van der Waals surface area contributed by atoms with E-state index in [1.165, 1.54) is 39.1 Å². The number of hydrogen-bond donors (Lipinski definition) is 0. The molecule has 0 unspecified atom stereocenters. The van der Waals surface area contributed by atoms with E-state index < -0.39 is 0 Å². The summed E-state index contributed by atoms with van der Waals surface area (Å²) >= 11 is 0. The first kappa shape index (κ1) is 19.6. The molecule has 0 bridgehead atoms. The summed E-state index contributed by atoms with van der Waals surface area (Å²) in [5.74, 6) is 0. The third-order valence-corrected chi connectivity index (χ3v) is 6.37. The molecule has 5 rings (SSSR count). The van der Waals surface area contributed by atoms with Crippen molar-refractivity contribution in [3.05, 3.63) is 81.8 Å². The molecule has 0 fully saturated rings. The van der Waals surface area contributed by atoms with E-state index in [9.17, 15) is 0 Å². The molecule has 0 saturated carbocycles. The molecule has 2 aromatic carbocycles. The normalized spacial score (nSPS) is 11.7. The third kappa shape index (κ3) is 2.82. The minimum Gasteiger partial charge on any atom is -0.301 e. The molecule has 0 amide bonds. The van der Waals surface area contributed by atoms with Gasteiger partial charge in [0.2, 0.25) is 0 Å². The van der Waals surface area contributed by atoms with Crippen LogP contribution in [0.1, 0.15) is 39.2 Å². The number of nitrogens with zero attached hydrogens (tertiary/aromatic N) is 4. The largest absolute Gasteiger partial charge is 0.301 e. The number of aryl methyl sites for hydroxylation is 7. The molecule has 4 nitrogen and oxygen atoms in total. The molecule has 0 aliphatic rings. The van der Waals surface area contributed by atoms with Crippen LogP contribution in [-0.4, -0.2) is 19.2 Å². The fraction of sp³-hybridized carbons (Fsp3) is 0.259. The number of rotatable bonds is 2. The first-order valence-electron chi connectivity index (χ1n) is 10.8. The van der Waals surface area contributed by atoms with Gasteiger partial charge in [-0.2, -0.15) is 9.61 Å². The Labute approximate surface area is 183 Å². The maximum atomic E-state index is 5.04. The summed E-state index contributed by atoms with van der Waals surface area (Å²) in [6, 6.07) is 13.1. The van der Waals surface area contributed by atoms with E-state index in [2.05, 4.69) is 95.6 Å². The molecular weight excluding hydrogens is 380 g/mol. The van der Waals surface area contributed by atoms with Crippen molar-refractivity contribution in [1.82, 2.24) is 19.2 Å². The zero-order valence-electron chi connectivity index (χ0n) is 19.3. The number of hydrogen-bond acceptors (Lipinski definition) is 2. The predicted octanol–water partition coefficient (Wildman–Crippen LogP) is 6.50. The van der Waals surface area contributed by atoms with Gasteiger partial charge in [0, 0.05) is 11.6 Å². The lowest BCUT2D eigenvalue weighted by Gasteiger charge is -2.14. The molecule has 4 heteroatoms. The van der Waals surface area contributed by atoms with Crippen molar-refractivity contribution in [2.45, 2.75) is 48.5 Å². The highest BCUT2D eigenvalue weighted by Gasteiger charge is 2.22. The topological polar surface area (TPSA) is 35.1 Å². The molecular formula is C27H28N4. The molecule has 0 atom stereocenters. The summed E-state index contributed by atoms with van der Waals surface area (Å²) in [5, 5.41) is 6.14. The quantitative estimate of drug-likeness (QED) is 0.334. The van der Waals surface area contributed by atoms with Crippen LogP contribution in [0.25, 0.3) is 33.5 Å². The van der Waals surface area contributed by atoms with E-state index in [-0.39, 0.29) is 0 Å². The second-order valence-corrected chi connectivity index (χ2v) is 8.83. The second kappa shape index (κ2) is 6.81. The van der Waals surface area contributed by atoms with Crippen molar-refractivity contribution in [1.29, 1.82) is 0 Å². The van der Waals surface area contributed by atoms with Gasteiger partial charge in [0.1, 0.15) is 5.65 Å². The van der Waals surface area contributed by atoms with Gasteiger partial charge in [0.15, 0.2) is 5.65 Å². The van der Waals surface area contributed by atoms with Crippen molar-refractivity contribution < 1.29 is 0 Å².